The molecular weight excluding hydrogens is 858 g/mol. The largest absolute Gasteiger partial charge is 0.455 e. The highest BCUT2D eigenvalue weighted by Crippen LogP contribution is 2.43. The van der Waals surface area contributed by atoms with Gasteiger partial charge in [-0.05, 0) is 84.3 Å². The molecule has 3 aromatic carbocycles. The van der Waals surface area contributed by atoms with Crippen LogP contribution in [-0.2, 0) is 14.8 Å². The summed E-state index contributed by atoms with van der Waals surface area (Å²) in [6, 6.07) is 20.8. The van der Waals surface area contributed by atoms with Crippen LogP contribution >= 0.6 is 11.6 Å². The van der Waals surface area contributed by atoms with Gasteiger partial charge in [0.15, 0.2) is 0 Å². The van der Waals surface area contributed by atoms with Crippen LogP contribution in [0.15, 0.2) is 95.7 Å². The summed E-state index contributed by atoms with van der Waals surface area (Å²) in [4.78, 5) is 39.7. The SMILES string of the molecule is CC1(C)CCC(CN2CCN(c3ccc(C(=O)NS(=O)(=O)c4ccc(NN5CCN(C6COC6)CC5)c([N+](=O)[O-])c4)c(Oc4cnc5[nH]ccc5c4)c3)CC2)=C(c2ccc(Cl)cc2)C1. The molecule has 0 unspecified atom stereocenters. The number of nitrogens with zero attached hydrogens (tertiary/aromatic N) is 6. The number of ether oxygens (including phenoxy) is 2. The summed E-state index contributed by atoms with van der Waals surface area (Å²) in [5.74, 6) is -0.479. The second-order valence-corrected chi connectivity index (χ2v) is 19.9. The molecule has 5 aromatic rings. The maximum Gasteiger partial charge on any atom is 0.295 e. The molecule has 4 aliphatic rings. The number of allylic oxidation sites excluding steroid dienone is 1. The summed E-state index contributed by atoms with van der Waals surface area (Å²) in [6.07, 6.45) is 6.48. The number of anilines is 2. The monoisotopic (exact) mass is 909 g/mol. The fraction of sp³-hybridized carbons (Fsp3) is 0.391. The Morgan fingerprint density at radius 2 is 1.75 bits per heavy atom. The first kappa shape index (κ1) is 43.7. The number of benzene rings is 3. The molecule has 0 atom stereocenters. The normalized spacial score (nSPS) is 19.1. The van der Waals surface area contributed by atoms with E-state index < -0.39 is 31.4 Å². The number of aromatic amines is 1. The number of amides is 1. The molecule has 18 heteroatoms. The highest BCUT2D eigenvalue weighted by atomic mass is 35.5. The van der Waals surface area contributed by atoms with E-state index in [2.05, 4.69) is 60.8 Å². The Hall–Kier alpha value is -5.56. The van der Waals surface area contributed by atoms with Crippen molar-refractivity contribution in [2.75, 3.05) is 82.4 Å². The molecule has 1 amide bonds. The molecule has 5 heterocycles. The molecule has 64 heavy (non-hydrogen) atoms. The van der Waals surface area contributed by atoms with Gasteiger partial charge in [0.2, 0.25) is 0 Å². The average Bonchev–Trinajstić information content (AvgIpc) is 3.73. The van der Waals surface area contributed by atoms with E-state index in [1.165, 1.54) is 35.0 Å². The van der Waals surface area contributed by atoms with Gasteiger partial charge in [-0.25, -0.2) is 23.1 Å². The summed E-state index contributed by atoms with van der Waals surface area (Å²) in [5.41, 5.74) is 8.56. The van der Waals surface area contributed by atoms with E-state index in [9.17, 15) is 23.3 Å². The topological polar surface area (TPSA) is 179 Å². The van der Waals surface area contributed by atoms with Crippen LogP contribution in [0.4, 0.5) is 17.1 Å². The zero-order chi connectivity index (χ0) is 44.6. The van der Waals surface area contributed by atoms with Gasteiger partial charge < -0.3 is 24.8 Å². The lowest BCUT2D eigenvalue weighted by molar-refractivity contribution is -0.384. The molecule has 336 valence electrons. The van der Waals surface area contributed by atoms with Crippen molar-refractivity contribution in [3.8, 4) is 11.5 Å². The summed E-state index contributed by atoms with van der Waals surface area (Å²) >= 11 is 6.25. The van der Waals surface area contributed by atoms with E-state index in [-0.39, 0.29) is 22.4 Å². The molecule has 3 saturated heterocycles. The number of fused-ring (bicyclic) bond motifs is 1. The number of nitro benzene ring substituents is 1. The molecule has 3 aliphatic heterocycles. The number of pyridine rings is 1. The van der Waals surface area contributed by atoms with Gasteiger partial charge in [0.25, 0.3) is 21.6 Å². The standard InChI is InChI=1S/C46H52ClN9O7S/c1-46(2)13-11-33(40(26-46)31-3-5-34(47)6-4-31)28-52-15-17-53(18-16-52)35-7-9-39(43(24-35)63-37-23-32-12-14-48-44(32)49-27-37)45(57)51-64(60,61)38-8-10-41(42(25-38)56(58)59)50-55-21-19-54(20-22-55)36-29-62-30-36/h3-10,12,14,23-25,27,36,50H,11,13,15-22,26,28-30H2,1-2H3,(H,48,49)(H,51,57). The Balaban J connectivity index is 0.915. The van der Waals surface area contributed by atoms with E-state index >= 15 is 0 Å². The quantitative estimate of drug-likeness (QED) is 0.0801. The Morgan fingerprint density at radius 1 is 0.984 bits per heavy atom. The summed E-state index contributed by atoms with van der Waals surface area (Å²) < 4.78 is 41.3. The Bertz CT molecular complexity index is 2690. The molecule has 2 aromatic heterocycles. The molecule has 9 rings (SSSR count). The fourth-order valence-electron chi connectivity index (χ4n) is 8.94. The van der Waals surface area contributed by atoms with E-state index in [1.807, 2.05) is 23.2 Å². The van der Waals surface area contributed by atoms with E-state index in [0.717, 1.165) is 87.2 Å². The zero-order valence-electron chi connectivity index (χ0n) is 35.9. The number of piperazine rings is 2. The minimum absolute atomic E-state index is 0.0394. The number of nitrogens with one attached hydrogen (secondary N) is 3. The molecule has 0 spiro atoms. The predicted molar refractivity (Wildman–Crippen MR) is 246 cm³/mol. The summed E-state index contributed by atoms with van der Waals surface area (Å²) in [7, 11) is -4.58. The van der Waals surface area contributed by atoms with Crippen LogP contribution in [-0.4, -0.2) is 122 Å². The third-order valence-electron chi connectivity index (χ3n) is 12.8. The molecule has 0 radical (unpaired) electrons. The summed E-state index contributed by atoms with van der Waals surface area (Å²) in [6.45, 7) is 12.8. The number of hydrogen-bond donors (Lipinski definition) is 3. The van der Waals surface area contributed by atoms with Crippen LogP contribution < -0.4 is 19.8 Å². The first-order chi connectivity index (χ1) is 30.8. The maximum absolute atomic E-state index is 14.0. The van der Waals surface area contributed by atoms with Crippen molar-refractivity contribution < 1.29 is 27.6 Å². The maximum atomic E-state index is 14.0. The third-order valence-corrected chi connectivity index (χ3v) is 14.4. The number of nitro groups is 1. The first-order valence-electron chi connectivity index (χ1n) is 21.7. The second kappa shape index (κ2) is 18.1. The van der Waals surface area contributed by atoms with Gasteiger partial charge in [-0.3, -0.25) is 24.7 Å². The Labute approximate surface area is 377 Å². The minimum Gasteiger partial charge on any atom is -0.455 e. The van der Waals surface area contributed by atoms with Crippen LogP contribution in [0.3, 0.4) is 0 Å². The van der Waals surface area contributed by atoms with Gasteiger partial charge in [0.05, 0.1) is 40.8 Å². The number of aromatic nitrogens is 2. The molecule has 3 fully saturated rings. The fourth-order valence-corrected chi connectivity index (χ4v) is 10.1. The van der Waals surface area contributed by atoms with Crippen LogP contribution in [0.2, 0.25) is 5.02 Å². The van der Waals surface area contributed by atoms with Gasteiger partial charge in [-0.15, -0.1) is 0 Å². The number of hydrazine groups is 1. The minimum atomic E-state index is -4.58. The van der Waals surface area contributed by atoms with Crippen molar-refractivity contribution in [3.05, 3.63) is 117 Å². The molecule has 0 bridgehead atoms. The van der Waals surface area contributed by atoms with Crippen LogP contribution in [0.5, 0.6) is 11.5 Å². The number of carbonyl (C=O) groups excluding carboxylic acids is 1. The lowest BCUT2D eigenvalue weighted by Crippen LogP contribution is -2.57. The van der Waals surface area contributed by atoms with Crippen LogP contribution in [0.25, 0.3) is 16.6 Å². The van der Waals surface area contributed by atoms with Crippen molar-refractivity contribution in [3.63, 3.8) is 0 Å². The van der Waals surface area contributed by atoms with Crippen LogP contribution in [0, 0.1) is 15.5 Å². The molecule has 1 aliphatic carbocycles. The van der Waals surface area contributed by atoms with Crippen molar-refractivity contribution >= 4 is 61.2 Å². The number of carbonyl (C=O) groups is 1. The van der Waals surface area contributed by atoms with E-state index in [0.29, 0.717) is 43.7 Å². The van der Waals surface area contributed by atoms with E-state index in [1.54, 1.807) is 30.5 Å². The van der Waals surface area contributed by atoms with Crippen molar-refractivity contribution in [1.82, 2.24) is 29.5 Å². The molecular formula is C46H52ClN9O7S. The van der Waals surface area contributed by atoms with Gasteiger partial charge in [0, 0.05) is 93.3 Å². The Morgan fingerprint density at radius 3 is 2.47 bits per heavy atom. The zero-order valence-corrected chi connectivity index (χ0v) is 37.5. The van der Waals surface area contributed by atoms with Gasteiger partial charge >= 0.3 is 0 Å². The number of H-pyrrole nitrogens is 1. The molecule has 16 nitrogen and oxygen atoms in total. The molecule has 3 N–H and O–H groups in total. The highest BCUT2D eigenvalue weighted by molar-refractivity contribution is 7.90. The number of rotatable bonds is 13. The first-order valence-corrected chi connectivity index (χ1v) is 23.5. The third kappa shape index (κ3) is 9.74. The molecule has 0 saturated carbocycles. The van der Waals surface area contributed by atoms with Crippen molar-refractivity contribution in [2.24, 2.45) is 5.41 Å². The Kier molecular flexibility index (Phi) is 12.4. The van der Waals surface area contributed by atoms with Gasteiger partial charge in [-0.2, -0.15) is 0 Å². The highest BCUT2D eigenvalue weighted by Gasteiger charge is 2.32. The van der Waals surface area contributed by atoms with Crippen LogP contribution in [0.1, 0.15) is 49.0 Å². The number of sulfonamides is 1. The van der Waals surface area contributed by atoms with Gasteiger partial charge in [-0.1, -0.05) is 43.2 Å². The van der Waals surface area contributed by atoms with Crippen molar-refractivity contribution in [2.45, 2.75) is 44.0 Å². The van der Waals surface area contributed by atoms with E-state index in [4.69, 9.17) is 21.1 Å². The number of halogens is 1. The number of hydrogen-bond acceptors (Lipinski definition) is 13. The smallest absolute Gasteiger partial charge is 0.295 e. The predicted octanol–water partition coefficient (Wildman–Crippen LogP) is 7.16. The average molecular weight is 910 g/mol. The van der Waals surface area contributed by atoms with Gasteiger partial charge in [0.1, 0.15) is 22.8 Å². The summed E-state index contributed by atoms with van der Waals surface area (Å²) in [5, 5.41) is 15.6. The second-order valence-electron chi connectivity index (χ2n) is 17.8. The lowest BCUT2D eigenvalue weighted by atomic mass is 9.72. The lowest BCUT2D eigenvalue weighted by Gasteiger charge is -2.42. The van der Waals surface area contributed by atoms with Crippen molar-refractivity contribution in [1.29, 1.82) is 0 Å².